The molecule has 0 spiro atoms. The zero-order valence-corrected chi connectivity index (χ0v) is 16.4. The van der Waals surface area contributed by atoms with E-state index in [0.717, 1.165) is 31.8 Å². The van der Waals surface area contributed by atoms with Crippen LogP contribution in [0.25, 0.3) is 0 Å². The Hall–Kier alpha value is -2.53. The highest BCUT2D eigenvalue weighted by Gasteiger charge is 2.36. The topological polar surface area (TPSA) is 48.0 Å². The van der Waals surface area contributed by atoms with Crippen molar-refractivity contribution in [2.45, 2.75) is 51.7 Å². The van der Waals surface area contributed by atoms with E-state index in [0.29, 0.717) is 0 Å². The van der Waals surface area contributed by atoms with E-state index in [9.17, 15) is 0 Å². The third-order valence-electron chi connectivity index (χ3n) is 5.98. The first-order valence-corrected chi connectivity index (χ1v) is 9.85. The van der Waals surface area contributed by atoms with Crippen molar-refractivity contribution in [2.24, 2.45) is 0 Å². The highest BCUT2D eigenvalue weighted by molar-refractivity contribution is 5.28. The second-order valence-electron chi connectivity index (χ2n) is 8.06. The summed E-state index contributed by atoms with van der Waals surface area (Å²) in [6.45, 7) is 8.67. The van der Waals surface area contributed by atoms with Gasteiger partial charge in [0.2, 0.25) is 5.82 Å². The molecule has 1 aromatic heterocycles. The second-order valence-corrected chi connectivity index (χ2v) is 8.06. The maximum absolute atomic E-state index is 4.52. The van der Waals surface area contributed by atoms with E-state index in [-0.39, 0.29) is 11.6 Å². The molecule has 0 bridgehead atoms. The monoisotopic (exact) mass is 362 g/mol. The summed E-state index contributed by atoms with van der Waals surface area (Å²) >= 11 is 0. The number of aromatic nitrogens is 4. The molecule has 4 rings (SSSR count). The summed E-state index contributed by atoms with van der Waals surface area (Å²) in [5.74, 6) is 0.961. The summed E-state index contributed by atoms with van der Waals surface area (Å²) in [7, 11) is 0. The van der Waals surface area contributed by atoms with E-state index in [1.54, 1.807) is 0 Å². The molecule has 27 heavy (non-hydrogen) atoms. The van der Waals surface area contributed by atoms with E-state index in [2.05, 4.69) is 90.9 Å². The van der Waals surface area contributed by atoms with Crippen LogP contribution in [-0.4, -0.2) is 26.8 Å². The molecular formula is C22H28N5+. The Morgan fingerprint density at radius 2 is 1.74 bits per heavy atom. The molecule has 5 heteroatoms. The van der Waals surface area contributed by atoms with Crippen LogP contribution in [0.3, 0.4) is 0 Å². The van der Waals surface area contributed by atoms with Crippen LogP contribution in [0.4, 0.5) is 0 Å². The normalized spacial score (nSPS) is 18.1. The van der Waals surface area contributed by atoms with Gasteiger partial charge in [-0.3, -0.25) is 0 Å². The number of tetrazole rings is 1. The highest BCUT2D eigenvalue weighted by atomic mass is 15.6. The molecule has 2 heterocycles. The average Bonchev–Trinajstić information content (AvgIpc) is 3.19. The number of nitrogens with one attached hydrogen (secondary N) is 1. The minimum absolute atomic E-state index is 0.112. The summed E-state index contributed by atoms with van der Waals surface area (Å²) in [5, 5.41) is 13.0. The van der Waals surface area contributed by atoms with Crippen LogP contribution >= 0.6 is 0 Å². The van der Waals surface area contributed by atoms with Gasteiger partial charge in [0.15, 0.2) is 6.04 Å². The van der Waals surface area contributed by atoms with Gasteiger partial charge in [-0.15, -0.1) is 5.10 Å². The van der Waals surface area contributed by atoms with Gasteiger partial charge in [-0.25, -0.2) is 4.68 Å². The zero-order chi connectivity index (χ0) is 18.9. The first-order valence-electron chi connectivity index (χ1n) is 9.85. The molecule has 3 aromatic rings. The maximum atomic E-state index is 4.52. The molecule has 0 saturated carbocycles. The predicted octanol–water partition coefficient (Wildman–Crippen LogP) is 2.55. The number of hydrogen-bond acceptors (Lipinski definition) is 3. The Bertz CT molecular complexity index is 900. The van der Waals surface area contributed by atoms with Gasteiger partial charge in [0.25, 0.3) is 0 Å². The van der Waals surface area contributed by atoms with E-state index >= 15 is 0 Å². The lowest BCUT2D eigenvalue weighted by molar-refractivity contribution is -0.941. The van der Waals surface area contributed by atoms with Crippen molar-refractivity contribution in [3.8, 4) is 0 Å². The molecule has 0 radical (unpaired) electrons. The molecule has 0 aliphatic carbocycles. The third-order valence-corrected chi connectivity index (χ3v) is 5.98. The Labute approximate surface area is 161 Å². The molecular weight excluding hydrogens is 334 g/mol. The van der Waals surface area contributed by atoms with Crippen LogP contribution in [0.1, 0.15) is 55.7 Å². The zero-order valence-electron chi connectivity index (χ0n) is 16.4. The van der Waals surface area contributed by atoms with E-state index in [4.69, 9.17) is 0 Å². The van der Waals surface area contributed by atoms with Gasteiger partial charge < -0.3 is 4.90 Å². The Morgan fingerprint density at radius 3 is 2.48 bits per heavy atom. The molecule has 5 nitrogen and oxygen atoms in total. The SMILES string of the molecule is CCC(C)(C)n1nnnc1[C@@H](c1ccccc1)[NH+]1CCc2ccccc2C1. The van der Waals surface area contributed by atoms with Crippen molar-refractivity contribution in [3.05, 3.63) is 77.1 Å². The van der Waals surface area contributed by atoms with Gasteiger partial charge in [-0.2, -0.15) is 0 Å². The van der Waals surface area contributed by atoms with Gasteiger partial charge >= 0.3 is 0 Å². The van der Waals surface area contributed by atoms with Crippen molar-refractivity contribution in [2.75, 3.05) is 6.54 Å². The van der Waals surface area contributed by atoms with Gasteiger partial charge in [0.1, 0.15) is 6.54 Å². The highest BCUT2D eigenvalue weighted by Crippen LogP contribution is 2.25. The smallest absolute Gasteiger partial charge is 0.214 e. The van der Waals surface area contributed by atoms with Crippen molar-refractivity contribution in [1.29, 1.82) is 0 Å². The molecule has 1 unspecified atom stereocenters. The minimum atomic E-state index is -0.112. The van der Waals surface area contributed by atoms with Crippen molar-refractivity contribution in [1.82, 2.24) is 20.2 Å². The average molecular weight is 363 g/mol. The van der Waals surface area contributed by atoms with Crippen LogP contribution in [0, 0.1) is 0 Å². The fraction of sp³-hybridized carbons (Fsp3) is 0.409. The molecule has 0 amide bonds. The number of benzene rings is 2. The summed E-state index contributed by atoms with van der Waals surface area (Å²) in [4.78, 5) is 1.50. The van der Waals surface area contributed by atoms with Crippen molar-refractivity contribution >= 4 is 0 Å². The molecule has 1 aliphatic heterocycles. The second kappa shape index (κ2) is 7.24. The molecule has 0 fully saturated rings. The van der Waals surface area contributed by atoms with Crippen LogP contribution in [0.5, 0.6) is 0 Å². The molecule has 2 aromatic carbocycles. The fourth-order valence-electron chi connectivity index (χ4n) is 4.02. The molecule has 0 saturated heterocycles. The van der Waals surface area contributed by atoms with Crippen LogP contribution < -0.4 is 4.90 Å². The molecule has 1 N–H and O–H groups in total. The van der Waals surface area contributed by atoms with Gasteiger partial charge in [0, 0.05) is 17.5 Å². The van der Waals surface area contributed by atoms with Crippen LogP contribution in [0.15, 0.2) is 54.6 Å². The molecule has 140 valence electrons. The summed E-state index contributed by atoms with van der Waals surface area (Å²) in [6.07, 6.45) is 2.07. The standard InChI is InChI=1S/C22H27N5/c1-4-22(2,3)27-21(23-24-25-27)20(18-11-6-5-7-12-18)26-15-14-17-10-8-9-13-19(17)16-26/h5-13,20H,4,14-16H2,1-3H3/p+1/t20-/m1/s1. The van der Waals surface area contributed by atoms with Gasteiger partial charge in [-0.1, -0.05) is 61.5 Å². The summed E-state index contributed by atoms with van der Waals surface area (Å²) < 4.78 is 2.04. The van der Waals surface area contributed by atoms with E-state index < -0.39 is 0 Å². The van der Waals surface area contributed by atoms with Crippen LogP contribution in [0.2, 0.25) is 0 Å². The molecule has 2 atom stereocenters. The Kier molecular flexibility index (Phi) is 4.79. The lowest BCUT2D eigenvalue weighted by Gasteiger charge is -2.34. The summed E-state index contributed by atoms with van der Waals surface area (Å²) in [5.41, 5.74) is 4.07. The Morgan fingerprint density at radius 1 is 1.04 bits per heavy atom. The first kappa shape index (κ1) is 17.9. The number of fused-ring (bicyclic) bond motifs is 1. The number of nitrogens with zero attached hydrogens (tertiary/aromatic N) is 4. The largest absolute Gasteiger partial charge is 0.318 e. The summed E-state index contributed by atoms with van der Waals surface area (Å²) in [6, 6.07) is 19.6. The van der Waals surface area contributed by atoms with E-state index in [1.165, 1.54) is 21.6 Å². The number of rotatable bonds is 5. The lowest BCUT2D eigenvalue weighted by Crippen LogP contribution is -3.12. The van der Waals surface area contributed by atoms with E-state index in [1.807, 2.05) is 4.68 Å². The van der Waals surface area contributed by atoms with Gasteiger partial charge in [0.05, 0.1) is 12.1 Å². The third kappa shape index (κ3) is 3.39. The number of hydrogen-bond donors (Lipinski definition) is 1. The van der Waals surface area contributed by atoms with Crippen molar-refractivity contribution < 1.29 is 4.90 Å². The predicted molar refractivity (Wildman–Crippen MR) is 105 cm³/mol. The minimum Gasteiger partial charge on any atom is -0.318 e. The lowest BCUT2D eigenvalue weighted by atomic mass is 9.95. The number of quaternary nitrogens is 1. The Balaban J connectivity index is 1.78. The van der Waals surface area contributed by atoms with Crippen molar-refractivity contribution in [3.63, 3.8) is 0 Å². The van der Waals surface area contributed by atoms with Gasteiger partial charge in [-0.05, 0) is 36.3 Å². The maximum Gasteiger partial charge on any atom is 0.214 e. The van der Waals surface area contributed by atoms with Crippen LogP contribution in [-0.2, 0) is 18.5 Å². The fourth-order valence-corrected chi connectivity index (χ4v) is 4.02. The quantitative estimate of drug-likeness (QED) is 0.759. The molecule has 1 aliphatic rings. The first-order chi connectivity index (χ1) is 13.1.